The van der Waals surface area contributed by atoms with Gasteiger partial charge in [0.2, 0.25) is 5.91 Å². The molecule has 0 aromatic heterocycles. The summed E-state index contributed by atoms with van der Waals surface area (Å²) in [5.41, 5.74) is 1.29. The molecule has 2 atom stereocenters. The zero-order chi connectivity index (χ0) is 21.8. The number of amides is 2. The van der Waals surface area contributed by atoms with Crippen molar-refractivity contribution in [2.75, 3.05) is 10.6 Å². The maximum Gasteiger partial charge on any atom is 0.257 e. The van der Waals surface area contributed by atoms with Crippen molar-refractivity contribution >= 4 is 39.9 Å². The van der Waals surface area contributed by atoms with Gasteiger partial charge in [0.25, 0.3) is 5.91 Å². The Hall–Kier alpha value is -3.93. The lowest BCUT2D eigenvalue weighted by molar-refractivity contribution is -0.313. The highest BCUT2D eigenvalue weighted by atomic mass is 16.4. The number of carbonyl (C=O) groups excluding carboxylic acids is 3. The lowest BCUT2D eigenvalue weighted by Crippen LogP contribution is -2.41. The average Bonchev–Trinajstić information content (AvgIpc) is 2.79. The lowest BCUT2D eigenvalue weighted by Gasteiger charge is -2.28. The van der Waals surface area contributed by atoms with Crippen molar-refractivity contribution in [1.82, 2.24) is 0 Å². The molecule has 3 aromatic carbocycles. The lowest BCUT2D eigenvalue weighted by atomic mass is 9.82. The monoisotopic (exact) mass is 413 g/mol. The summed E-state index contributed by atoms with van der Waals surface area (Å²) in [6, 6.07) is 20.0. The Morgan fingerprint density at radius 2 is 1.39 bits per heavy atom. The SMILES string of the molecule is O=C(Nc1cccc2ccccc12)c1ccccc1NC(=O)[C@@H]1CC=CC[C@H]1C(=O)[O-]. The number of allylic oxidation sites excluding steroid dienone is 2. The molecule has 4 rings (SSSR count). The number of aliphatic carboxylic acids is 1. The van der Waals surface area contributed by atoms with Crippen LogP contribution < -0.4 is 15.7 Å². The van der Waals surface area contributed by atoms with Crippen LogP contribution in [0.4, 0.5) is 11.4 Å². The third kappa shape index (κ3) is 4.33. The second-order valence-corrected chi connectivity index (χ2v) is 7.49. The van der Waals surface area contributed by atoms with Crippen LogP contribution in [0.3, 0.4) is 0 Å². The molecule has 0 unspecified atom stereocenters. The van der Waals surface area contributed by atoms with Crippen molar-refractivity contribution in [1.29, 1.82) is 0 Å². The number of fused-ring (bicyclic) bond motifs is 1. The number of anilines is 2. The molecule has 2 amide bonds. The summed E-state index contributed by atoms with van der Waals surface area (Å²) in [5.74, 6) is -3.69. The van der Waals surface area contributed by atoms with E-state index in [2.05, 4.69) is 10.6 Å². The number of benzene rings is 3. The van der Waals surface area contributed by atoms with Crippen molar-refractivity contribution in [3.8, 4) is 0 Å². The van der Waals surface area contributed by atoms with E-state index in [1.165, 1.54) is 0 Å². The van der Waals surface area contributed by atoms with E-state index in [0.29, 0.717) is 23.4 Å². The predicted octanol–water partition coefficient (Wildman–Crippen LogP) is 3.36. The summed E-state index contributed by atoms with van der Waals surface area (Å²) in [4.78, 5) is 37.3. The molecule has 156 valence electrons. The largest absolute Gasteiger partial charge is 0.550 e. The molecule has 6 heteroatoms. The number of nitrogens with one attached hydrogen (secondary N) is 2. The van der Waals surface area contributed by atoms with Crippen LogP contribution in [0.5, 0.6) is 0 Å². The molecule has 1 aliphatic rings. The van der Waals surface area contributed by atoms with Gasteiger partial charge in [0.15, 0.2) is 0 Å². The molecule has 31 heavy (non-hydrogen) atoms. The van der Waals surface area contributed by atoms with Gasteiger partial charge in [-0.3, -0.25) is 9.59 Å². The number of para-hydroxylation sites is 1. The zero-order valence-corrected chi connectivity index (χ0v) is 16.7. The van der Waals surface area contributed by atoms with E-state index >= 15 is 0 Å². The Bertz CT molecular complexity index is 1180. The predicted molar refractivity (Wildman–Crippen MR) is 117 cm³/mol. The minimum atomic E-state index is -1.24. The number of rotatable bonds is 5. The molecule has 0 saturated heterocycles. The van der Waals surface area contributed by atoms with Crippen molar-refractivity contribution in [2.45, 2.75) is 12.8 Å². The van der Waals surface area contributed by atoms with E-state index in [1.807, 2.05) is 42.5 Å². The van der Waals surface area contributed by atoms with Crippen molar-refractivity contribution < 1.29 is 19.5 Å². The zero-order valence-electron chi connectivity index (χ0n) is 16.7. The maximum absolute atomic E-state index is 13.0. The first-order chi connectivity index (χ1) is 15.0. The fourth-order valence-electron chi connectivity index (χ4n) is 3.90. The van der Waals surface area contributed by atoms with E-state index in [1.54, 1.807) is 36.4 Å². The van der Waals surface area contributed by atoms with E-state index < -0.39 is 23.7 Å². The van der Waals surface area contributed by atoms with Gasteiger partial charge in [-0.15, -0.1) is 0 Å². The molecule has 0 aliphatic heterocycles. The second kappa shape index (κ2) is 8.83. The molecule has 6 nitrogen and oxygen atoms in total. The molecule has 0 fully saturated rings. The van der Waals surface area contributed by atoms with Crippen molar-refractivity contribution in [3.05, 3.63) is 84.4 Å². The molecular formula is C25H21N2O4-. The minimum Gasteiger partial charge on any atom is -0.550 e. The summed E-state index contributed by atoms with van der Waals surface area (Å²) >= 11 is 0. The van der Waals surface area contributed by atoms with Gasteiger partial charge in [0.05, 0.1) is 17.2 Å². The Morgan fingerprint density at radius 3 is 2.19 bits per heavy atom. The molecular weight excluding hydrogens is 392 g/mol. The third-order valence-electron chi connectivity index (χ3n) is 5.54. The highest BCUT2D eigenvalue weighted by Crippen LogP contribution is 2.28. The van der Waals surface area contributed by atoms with Crippen molar-refractivity contribution in [2.24, 2.45) is 11.8 Å². The van der Waals surface area contributed by atoms with Gasteiger partial charge in [0.1, 0.15) is 0 Å². The van der Waals surface area contributed by atoms with Crippen LogP contribution in [-0.2, 0) is 9.59 Å². The van der Waals surface area contributed by atoms with Gasteiger partial charge < -0.3 is 20.5 Å². The first-order valence-corrected chi connectivity index (χ1v) is 10.1. The summed E-state index contributed by atoms with van der Waals surface area (Å²) in [7, 11) is 0. The normalized spacial score (nSPS) is 17.8. The first-order valence-electron chi connectivity index (χ1n) is 10.1. The van der Waals surface area contributed by atoms with Crippen LogP contribution in [0.1, 0.15) is 23.2 Å². The topological polar surface area (TPSA) is 98.3 Å². The number of carboxylic acids is 1. The van der Waals surface area contributed by atoms with Crippen LogP contribution in [0, 0.1) is 11.8 Å². The quantitative estimate of drug-likeness (QED) is 0.627. The molecule has 0 saturated carbocycles. The highest BCUT2D eigenvalue weighted by Gasteiger charge is 2.30. The Morgan fingerprint density at radius 1 is 0.742 bits per heavy atom. The smallest absolute Gasteiger partial charge is 0.257 e. The minimum absolute atomic E-state index is 0.254. The summed E-state index contributed by atoms with van der Waals surface area (Å²) in [5, 5.41) is 19.0. The Labute approximate surface area is 179 Å². The summed E-state index contributed by atoms with van der Waals surface area (Å²) in [6.07, 6.45) is 4.11. The van der Waals surface area contributed by atoms with Gasteiger partial charge >= 0.3 is 0 Å². The van der Waals surface area contributed by atoms with Crippen LogP contribution in [0.2, 0.25) is 0 Å². The maximum atomic E-state index is 13.0. The number of hydrogen-bond donors (Lipinski definition) is 2. The van der Waals surface area contributed by atoms with E-state index in [4.69, 9.17) is 0 Å². The average molecular weight is 413 g/mol. The van der Waals surface area contributed by atoms with Gasteiger partial charge in [-0.2, -0.15) is 0 Å². The van der Waals surface area contributed by atoms with Crippen LogP contribution in [0.15, 0.2) is 78.9 Å². The van der Waals surface area contributed by atoms with Gasteiger partial charge in [-0.1, -0.05) is 60.7 Å². The number of hydrogen-bond acceptors (Lipinski definition) is 4. The number of carbonyl (C=O) groups is 3. The highest BCUT2D eigenvalue weighted by molar-refractivity contribution is 6.13. The van der Waals surface area contributed by atoms with Crippen molar-refractivity contribution in [3.63, 3.8) is 0 Å². The van der Waals surface area contributed by atoms with Crippen LogP contribution >= 0.6 is 0 Å². The van der Waals surface area contributed by atoms with Gasteiger partial charge in [0, 0.05) is 23.0 Å². The first kappa shape index (κ1) is 20.3. The molecule has 0 radical (unpaired) electrons. The standard InChI is InChI=1S/C25H22N2O4/c28-23(18-11-3-4-12-19(18)25(30)31)27-22-14-6-5-13-20(22)24(29)26-21-15-7-9-16-8-1-2-10-17(16)21/h1-10,13-15,18-19H,11-12H2,(H,26,29)(H,27,28)(H,30,31)/p-1/t18-,19-/m1/s1. The molecule has 2 N–H and O–H groups in total. The molecule has 0 bridgehead atoms. The van der Waals surface area contributed by atoms with Gasteiger partial charge in [-0.25, -0.2) is 0 Å². The Kier molecular flexibility index (Phi) is 5.80. The van der Waals surface area contributed by atoms with E-state index in [0.717, 1.165) is 10.8 Å². The fourth-order valence-corrected chi connectivity index (χ4v) is 3.90. The van der Waals surface area contributed by atoms with E-state index in [9.17, 15) is 19.5 Å². The molecule has 1 aliphatic carbocycles. The summed E-state index contributed by atoms with van der Waals surface area (Å²) in [6.45, 7) is 0. The third-order valence-corrected chi connectivity index (χ3v) is 5.54. The molecule has 0 heterocycles. The Balaban J connectivity index is 1.57. The van der Waals surface area contributed by atoms with Crippen LogP contribution in [-0.4, -0.2) is 17.8 Å². The molecule has 0 spiro atoms. The second-order valence-electron chi connectivity index (χ2n) is 7.49. The fraction of sp³-hybridized carbons (Fsp3) is 0.160. The van der Waals surface area contributed by atoms with Gasteiger partial charge in [-0.05, 0) is 36.4 Å². The number of carboxylic acid groups (broad SMARTS) is 1. The van der Waals surface area contributed by atoms with Crippen LogP contribution in [0.25, 0.3) is 10.8 Å². The summed E-state index contributed by atoms with van der Waals surface area (Å²) < 4.78 is 0. The van der Waals surface area contributed by atoms with E-state index in [-0.39, 0.29) is 12.3 Å². The molecule has 3 aromatic rings.